The number of aromatic hydroxyl groups is 1. The van der Waals surface area contributed by atoms with E-state index in [1.54, 1.807) is 12.1 Å². The van der Waals surface area contributed by atoms with Crippen LogP contribution in [0.25, 0.3) is 0 Å². The quantitative estimate of drug-likeness (QED) is 0.116. The van der Waals surface area contributed by atoms with Gasteiger partial charge in [-0.15, -0.1) is 0 Å². The molecule has 1 aromatic carbocycles. The van der Waals surface area contributed by atoms with Crippen LogP contribution in [0.3, 0.4) is 0 Å². The number of amides is 4. The summed E-state index contributed by atoms with van der Waals surface area (Å²) in [6.45, 7) is -0.232. The summed E-state index contributed by atoms with van der Waals surface area (Å²) in [4.78, 5) is 60.1. The van der Waals surface area contributed by atoms with Crippen LogP contribution < -0.4 is 33.2 Å². The second-order valence-corrected chi connectivity index (χ2v) is 8.00. The first-order chi connectivity index (χ1) is 16.5. The maximum absolute atomic E-state index is 13.1. The van der Waals surface area contributed by atoms with Gasteiger partial charge in [0.25, 0.3) is 0 Å². The van der Waals surface area contributed by atoms with Crippen LogP contribution in [0.1, 0.15) is 37.7 Å². The van der Waals surface area contributed by atoms with Crippen molar-refractivity contribution >= 4 is 29.6 Å². The summed E-state index contributed by atoms with van der Waals surface area (Å²) in [6, 6.07) is 2.64. The number of aliphatic carboxylic acids is 1. The second-order valence-electron chi connectivity index (χ2n) is 8.00. The van der Waals surface area contributed by atoms with Gasteiger partial charge in [-0.05, 0) is 43.5 Å². The van der Waals surface area contributed by atoms with Crippen LogP contribution in [0.5, 0.6) is 5.75 Å². The van der Waals surface area contributed by atoms with E-state index in [2.05, 4.69) is 16.0 Å². The van der Waals surface area contributed by atoms with Crippen molar-refractivity contribution < 1.29 is 34.2 Å². The molecule has 13 nitrogen and oxygen atoms in total. The number of nitrogens with two attached hydrogens (primary N) is 3. The second kappa shape index (κ2) is 15.2. The Morgan fingerprint density at radius 1 is 0.886 bits per heavy atom. The lowest BCUT2D eigenvalue weighted by atomic mass is 10.0. The predicted octanol–water partition coefficient (Wildman–Crippen LogP) is -2.17. The smallest absolute Gasteiger partial charge is 0.322 e. The van der Waals surface area contributed by atoms with Gasteiger partial charge in [-0.1, -0.05) is 18.6 Å². The number of hydrogen-bond donors (Lipinski definition) is 8. The number of rotatable bonds is 16. The van der Waals surface area contributed by atoms with Crippen LogP contribution in [0.2, 0.25) is 0 Å². The molecule has 3 atom stereocenters. The molecule has 0 bridgehead atoms. The van der Waals surface area contributed by atoms with E-state index in [1.165, 1.54) is 12.1 Å². The number of unbranched alkanes of at least 4 members (excludes halogenated alkanes) is 1. The summed E-state index contributed by atoms with van der Waals surface area (Å²) in [5, 5.41) is 25.5. The number of hydrogen-bond acceptors (Lipinski definition) is 8. The van der Waals surface area contributed by atoms with Crippen molar-refractivity contribution in [2.24, 2.45) is 17.2 Å². The molecule has 0 saturated carbocycles. The summed E-state index contributed by atoms with van der Waals surface area (Å²) in [6.07, 6.45) is 1.25. The molecule has 4 amide bonds. The van der Waals surface area contributed by atoms with Gasteiger partial charge in [0.15, 0.2) is 0 Å². The Hall–Kier alpha value is -3.71. The Morgan fingerprint density at radius 3 is 2.09 bits per heavy atom. The van der Waals surface area contributed by atoms with Crippen LogP contribution in [-0.4, -0.2) is 71.0 Å². The normalized spacial score (nSPS) is 13.2. The van der Waals surface area contributed by atoms with Gasteiger partial charge in [0, 0.05) is 12.8 Å². The summed E-state index contributed by atoms with van der Waals surface area (Å²) < 4.78 is 0. The van der Waals surface area contributed by atoms with E-state index in [1.807, 2.05) is 0 Å². The highest BCUT2D eigenvalue weighted by Gasteiger charge is 2.28. The molecule has 0 saturated heterocycles. The van der Waals surface area contributed by atoms with E-state index in [-0.39, 0.29) is 25.0 Å². The van der Waals surface area contributed by atoms with E-state index in [0.29, 0.717) is 31.4 Å². The topological polar surface area (TPSA) is 240 Å². The van der Waals surface area contributed by atoms with Crippen molar-refractivity contribution in [2.45, 2.75) is 56.7 Å². The van der Waals surface area contributed by atoms with Crippen LogP contribution in [-0.2, 0) is 30.4 Å². The first-order valence-corrected chi connectivity index (χ1v) is 11.2. The number of phenolic OH excluding ortho intramolecular Hbond substituents is 1. The van der Waals surface area contributed by atoms with E-state index in [4.69, 9.17) is 22.3 Å². The molecule has 3 unspecified atom stereocenters. The molecule has 0 radical (unpaired) electrons. The molecule has 11 N–H and O–H groups in total. The molecular weight excluding hydrogens is 460 g/mol. The Morgan fingerprint density at radius 2 is 1.51 bits per heavy atom. The van der Waals surface area contributed by atoms with Crippen LogP contribution in [0, 0.1) is 0 Å². The highest BCUT2D eigenvalue weighted by atomic mass is 16.4. The zero-order chi connectivity index (χ0) is 26.4. The van der Waals surface area contributed by atoms with Gasteiger partial charge in [0.05, 0.1) is 6.04 Å². The van der Waals surface area contributed by atoms with E-state index < -0.39 is 54.3 Å². The lowest BCUT2D eigenvalue weighted by molar-refractivity contribution is -0.138. The zero-order valence-corrected chi connectivity index (χ0v) is 19.4. The minimum absolute atomic E-state index is 0.00660. The number of carbonyl (C=O) groups is 5. The van der Waals surface area contributed by atoms with Gasteiger partial charge >= 0.3 is 5.97 Å². The number of carbonyl (C=O) groups excluding carboxylic acids is 4. The van der Waals surface area contributed by atoms with Gasteiger partial charge in [0.1, 0.15) is 24.4 Å². The Bertz CT molecular complexity index is 878. The summed E-state index contributed by atoms with van der Waals surface area (Å²) in [7, 11) is 0. The highest BCUT2D eigenvalue weighted by molar-refractivity contribution is 5.94. The van der Waals surface area contributed by atoms with Gasteiger partial charge in [-0.3, -0.25) is 24.0 Å². The average molecular weight is 495 g/mol. The van der Waals surface area contributed by atoms with Gasteiger partial charge in [-0.25, -0.2) is 0 Å². The molecule has 1 aromatic rings. The molecule has 35 heavy (non-hydrogen) atoms. The lowest BCUT2D eigenvalue weighted by Gasteiger charge is -2.24. The number of phenols is 1. The first-order valence-electron chi connectivity index (χ1n) is 11.2. The molecule has 0 heterocycles. The molecule has 13 heteroatoms. The zero-order valence-electron chi connectivity index (χ0n) is 19.4. The average Bonchev–Trinajstić information content (AvgIpc) is 2.80. The fourth-order valence-corrected chi connectivity index (χ4v) is 3.11. The van der Waals surface area contributed by atoms with E-state index in [9.17, 15) is 29.1 Å². The van der Waals surface area contributed by atoms with Crippen LogP contribution in [0.15, 0.2) is 24.3 Å². The van der Waals surface area contributed by atoms with Crippen molar-refractivity contribution in [2.75, 3.05) is 13.1 Å². The predicted molar refractivity (Wildman–Crippen MR) is 126 cm³/mol. The molecule has 194 valence electrons. The first kappa shape index (κ1) is 29.3. The molecule has 0 aliphatic heterocycles. The number of nitrogens with one attached hydrogen (secondary N) is 3. The van der Waals surface area contributed by atoms with Crippen LogP contribution in [0.4, 0.5) is 0 Å². The van der Waals surface area contributed by atoms with E-state index >= 15 is 0 Å². The molecule has 0 aromatic heterocycles. The van der Waals surface area contributed by atoms with Gasteiger partial charge in [-0.2, -0.15) is 0 Å². The van der Waals surface area contributed by atoms with Crippen LogP contribution >= 0.6 is 0 Å². The summed E-state index contributed by atoms with van der Waals surface area (Å²) in [5.74, 6) is -4.14. The third kappa shape index (κ3) is 11.8. The number of carboxylic acid groups (broad SMARTS) is 1. The fraction of sp³-hybridized carbons (Fsp3) is 0.500. The van der Waals surface area contributed by atoms with Crippen molar-refractivity contribution in [3.05, 3.63) is 29.8 Å². The number of primary amides is 1. The van der Waals surface area contributed by atoms with Gasteiger partial charge in [0.2, 0.25) is 23.6 Å². The maximum Gasteiger partial charge on any atom is 0.322 e. The van der Waals surface area contributed by atoms with Crippen molar-refractivity contribution in [3.8, 4) is 5.75 Å². The molecule has 1 rings (SSSR count). The Kier molecular flexibility index (Phi) is 12.8. The SMILES string of the molecule is NCCCCC(N)C(=O)NC(Cc1ccc(O)cc1)C(=O)NC(CCC(N)=O)C(=O)NCC(=O)O. The standard InChI is InChI=1S/C22H34N6O7/c23-10-2-1-3-15(24)20(33)28-17(11-13-4-6-14(29)7-5-13)22(35)27-16(8-9-18(25)30)21(34)26-12-19(31)32/h4-7,15-17,29H,1-3,8-12,23-24H2,(H2,25,30)(H,26,34)(H,27,35)(H,28,33)(H,31,32). The molecular formula is C22H34N6O7. The Labute approximate surface area is 202 Å². The third-order valence-corrected chi connectivity index (χ3v) is 5.04. The van der Waals surface area contributed by atoms with Crippen molar-refractivity contribution in [1.29, 1.82) is 0 Å². The summed E-state index contributed by atoms with van der Waals surface area (Å²) >= 11 is 0. The monoisotopic (exact) mass is 494 g/mol. The lowest BCUT2D eigenvalue weighted by Crippen LogP contribution is -2.56. The fourth-order valence-electron chi connectivity index (χ4n) is 3.11. The van der Waals surface area contributed by atoms with Crippen molar-refractivity contribution in [3.63, 3.8) is 0 Å². The molecule has 0 spiro atoms. The molecule has 0 fully saturated rings. The summed E-state index contributed by atoms with van der Waals surface area (Å²) in [5.41, 5.74) is 17.1. The van der Waals surface area contributed by atoms with Crippen molar-refractivity contribution in [1.82, 2.24) is 16.0 Å². The minimum atomic E-state index is -1.29. The third-order valence-electron chi connectivity index (χ3n) is 5.04. The maximum atomic E-state index is 13.1. The molecule has 0 aliphatic rings. The molecule has 0 aliphatic carbocycles. The highest BCUT2D eigenvalue weighted by Crippen LogP contribution is 2.12. The Balaban J connectivity index is 3.02. The van der Waals surface area contributed by atoms with E-state index in [0.717, 1.165) is 0 Å². The number of carboxylic acids is 1. The number of benzene rings is 1. The largest absolute Gasteiger partial charge is 0.508 e. The van der Waals surface area contributed by atoms with Gasteiger partial charge < -0.3 is 43.4 Å². The minimum Gasteiger partial charge on any atom is -0.508 e.